The van der Waals surface area contributed by atoms with Crippen molar-refractivity contribution >= 4 is 40.0 Å². The molecule has 25 heavy (non-hydrogen) atoms. The molecule has 2 aromatic rings. The molecule has 0 saturated carbocycles. The monoisotopic (exact) mass is 382 g/mol. The molecule has 7 nitrogen and oxygen atoms in total. The van der Waals surface area contributed by atoms with Gasteiger partial charge in [0.05, 0.1) is 17.4 Å². The highest BCUT2D eigenvalue weighted by atomic mass is 32.2. The number of hydrogen-bond acceptors (Lipinski definition) is 7. The van der Waals surface area contributed by atoms with E-state index >= 15 is 0 Å². The SMILES string of the molecule is CCOC(=O)c1sc(NC(=O)CSc2n[nH]c(C(C)(C)C)n2)cc1C. The van der Waals surface area contributed by atoms with Crippen molar-refractivity contribution in [3.05, 3.63) is 22.3 Å². The number of amides is 1. The Morgan fingerprint density at radius 3 is 2.72 bits per heavy atom. The number of anilines is 1. The van der Waals surface area contributed by atoms with Crippen LogP contribution in [0, 0.1) is 6.92 Å². The highest BCUT2D eigenvalue weighted by molar-refractivity contribution is 7.99. The lowest BCUT2D eigenvalue weighted by molar-refractivity contribution is -0.113. The molecule has 0 spiro atoms. The summed E-state index contributed by atoms with van der Waals surface area (Å²) in [7, 11) is 0. The molecule has 2 heterocycles. The van der Waals surface area contributed by atoms with E-state index in [1.807, 2.05) is 27.7 Å². The molecule has 9 heteroatoms. The van der Waals surface area contributed by atoms with Gasteiger partial charge < -0.3 is 10.1 Å². The number of carbonyl (C=O) groups is 2. The average molecular weight is 383 g/mol. The topological polar surface area (TPSA) is 97.0 Å². The van der Waals surface area contributed by atoms with Gasteiger partial charge in [-0.2, -0.15) is 0 Å². The number of carbonyl (C=O) groups excluding carboxylic acids is 2. The molecule has 0 aliphatic heterocycles. The van der Waals surface area contributed by atoms with Crippen molar-refractivity contribution in [1.29, 1.82) is 0 Å². The molecule has 136 valence electrons. The first kappa shape index (κ1) is 19.5. The molecule has 1 amide bonds. The van der Waals surface area contributed by atoms with Crippen LogP contribution in [0.3, 0.4) is 0 Å². The van der Waals surface area contributed by atoms with Crippen LogP contribution in [-0.4, -0.2) is 39.4 Å². The van der Waals surface area contributed by atoms with Gasteiger partial charge in [-0.1, -0.05) is 32.5 Å². The van der Waals surface area contributed by atoms with E-state index in [1.165, 1.54) is 23.1 Å². The van der Waals surface area contributed by atoms with Crippen LogP contribution in [0.15, 0.2) is 11.2 Å². The van der Waals surface area contributed by atoms with Gasteiger partial charge in [0.15, 0.2) is 0 Å². The van der Waals surface area contributed by atoms with Gasteiger partial charge >= 0.3 is 5.97 Å². The number of hydrogen-bond donors (Lipinski definition) is 2. The van der Waals surface area contributed by atoms with Gasteiger partial charge in [0.2, 0.25) is 11.1 Å². The van der Waals surface area contributed by atoms with Crippen molar-refractivity contribution in [1.82, 2.24) is 15.2 Å². The van der Waals surface area contributed by atoms with Crippen molar-refractivity contribution in [3.8, 4) is 0 Å². The maximum absolute atomic E-state index is 12.1. The van der Waals surface area contributed by atoms with Crippen molar-refractivity contribution < 1.29 is 14.3 Å². The zero-order valence-electron chi connectivity index (χ0n) is 14.9. The van der Waals surface area contributed by atoms with Gasteiger partial charge in [-0.05, 0) is 25.5 Å². The third-order valence-electron chi connectivity index (χ3n) is 3.15. The molecular weight excluding hydrogens is 360 g/mol. The van der Waals surface area contributed by atoms with Crippen molar-refractivity contribution in [2.75, 3.05) is 17.7 Å². The highest BCUT2D eigenvalue weighted by Gasteiger charge is 2.19. The fourth-order valence-electron chi connectivity index (χ4n) is 1.89. The molecule has 0 saturated heterocycles. The first-order valence-electron chi connectivity index (χ1n) is 7.83. The predicted molar refractivity (Wildman–Crippen MR) is 99.4 cm³/mol. The van der Waals surface area contributed by atoms with Crippen molar-refractivity contribution in [2.24, 2.45) is 0 Å². The Morgan fingerprint density at radius 2 is 2.12 bits per heavy atom. The Hall–Kier alpha value is -1.87. The van der Waals surface area contributed by atoms with Gasteiger partial charge in [-0.15, -0.1) is 16.4 Å². The molecule has 2 N–H and O–H groups in total. The zero-order chi connectivity index (χ0) is 18.6. The van der Waals surface area contributed by atoms with E-state index in [2.05, 4.69) is 20.5 Å². The first-order valence-corrected chi connectivity index (χ1v) is 9.64. The second kappa shape index (κ2) is 8.01. The molecule has 2 rings (SSSR count). The zero-order valence-corrected chi connectivity index (χ0v) is 16.6. The Morgan fingerprint density at radius 1 is 1.40 bits per heavy atom. The average Bonchev–Trinajstić information content (AvgIpc) is 3.12. The molecule has 0 unspecified atom stereocenters. The van der Waals surface area contributed by atoms with Crippen LogP contribution in [0.2, 0.25) is 0 Å². The predicted octanol–water partition coefficient (Wildman–Crippen LogP) is 3.38. The second-order valence-electron chi connectivity index (χ2n) is 6.40. The van der Waals surface area contributed by atoms with E-state index in [0.717, 1.165) is 11.4 Å². The van der Waals surface area contributed by atoms with Crippen molar-refractivity contribution in [3.63, 3.8) is 0 Å². The minimum atomic E-state index is -0.365. The number of rotatable bonds is 6. The molecule has 0 bridgehead atoms. The van der Waals surface area contributed by atoms with Crippen LogP contribution < -0.4 is 5.32 Å². The van der Waals surface area contributed by atoms with Gasteiger partial charge in [-0.25, -0.2) is 9.78 Å². The van der Waals surface area contributed by atoms with Gasteiger partial charge in [0.1, 0.15) is 10.7 Å². The number of aryl methyl sites for hydroxylation is 1. The number of nitrogens with zero attached hydrogens (tertiary/aromatic N) is 2. The van der Waals surface area contributed by atoms with E-state index in [-0.39, 0.29) is 23.0 Å². The number of thiophene rings is 1. The van der Waals surface area contributed by atoms with Crippen molar-refractivity contribution in [2.45, 2.75) is 45.2 Å². The van der Waals surface area contributed by atoms with Crippen LogP contribution in [0.1, 0.15) is 48.8 Å². The van der Waals surface area contributed by atoms with Gasteiger partial charge in [0.25, 0.3) is 0 Å². The fourth-order valence-corrected chi connectivity index (χ4v) is 3.47. The van der Waals surface area contributed by atoms with Crippen LogP contribution in [0.5, 0.6) is 0 Å². The summed E-state index contributed by atoms with van der Waals surface area (Å²) in [4.78, 5) is 28.8. The maximum atomic E-state index is 12.1. The summed E-state index contributed by atoms with van der Waals surface area (Å²) in [6, 6.07) is 1.77. The van der Waals surface area contributed by atoms with Crippen LogP contribution >= 0.6 is 23.1 Å². The van der Waals surface area contributed by atoms with E-state index in [9.17, 15) is 9.59 Å². The lowest BCUT2D eigenvalue weighted by atomic mass is 9.96. The lowest BCUT2D eigenvalue weighted by Gasteiger charge is -2.12. The molecule has 0 atom stereocenters. The first-order chi connectivity index (χ1) is 11.7. The smallest absolute Gasteiger partial charge is 0.348 e. The molecule has 0 aliphatic rings. The summed E-state index contributed by atoms with van der Waals surface area (Å²) < 4.78 is 5.00. The summed E-state index contributed by atoms with van der Waals surface area (Å²) >= 11 is 2.47. The van der Waals surface area contributed by atoms with Crippen LogP contribution in [-0.2, 0) is 14.9 Å². The number of ether oxygens (including phenoxy) is 1. The third kappa shape index (κ3) is 5.30. The Labute approximate surface area is 155 Å². The Bertz CT molecular complexity index is 762. The number of aromatic nitrogens is 3. The molecule has 0 aromatic carbocycles. The summed E-state index contributed by atoms with van der Waals surface area (Å²) in [6.45, 7) is 10.0. The minimum Gasteiger partial charge on any atom is -0.462 e. The number of H-pyrrole nitrogens is 1. The van der Waals surface area contributed by atoms with Gasteiger partial charge in [-0.3, -0.25) is 9.89 Å². The third-order valence-corrected chi connectivity index (χ3v) is 5.13. The molecule has 2 aromatic heterocycles. The standard InChI is InChI=1S/C16H22N4O3S2/c1-6-23-13(22)12-9(2)7-11(25-12)17-10(21)8-24-15-18-14(19-20-15)16(3,4)5/h7H,6,8H2,1-5H3,(H,17,21)(H,18,19,20). The van der Waals surface area contributed by atoms with Crippen LogP contribution in [0.25, 0.3) is 0 Å². The second-order valence-corrected chi connectivity index (χ2v) is 8.39. The maximum Gasteiger partial charge on any atom is 0.348 e. The normalized spacial score (nSPS) is 11.4. The Balaban J connectivity index is 1.91. The number of aromatic amines is 1. The van der Waals surface area contributed by atoms with Gasteiger partial charge in [0, 0.05) is 5.41 Å². The van der Waals surface area contributed by atoms with E-state index in [0.29, 0.717) is 21.6 Å². The lowest BCUT2D eigenvalue weighted by Crippen LogP contribution is -2.14. The summed E-state index contributed by atoms with van der Waals surface area (Å²) in [5, 5.41) is 11.0. The quantitative estimate of drug-likeness (QED) is 0.587. The largest absolute Gasteiger partial charge is 0.462 e. The molecule has 0 aliphatic carbocycles. The van der Waals surface area contributed by atoms with Crippen LogP contribution in [0.4, 0.5) is 5.00 Å². The molecule has 0 radical (unpaired) electrons. The number of thioether (sulfide) groups is 1. The van der Waals surface area contributed by atoms with E-state index in [1.54, 1.807) is 13.0 Å². The molecular formula is C16H22N4O3S2. The molecule has 0 fully saturated rings. The highest BCUT2D eigenvalue weighted by Crippen LogP contribution is 2.28. The van der Waals surface area contributed by atoms with E-state index < -0.39 is 0 Å². The minimum absolute atomic E-state index is 0.119. The summed E-state index contributed by atoms with van der Waals surface area (Å²) in [5.74, 6) is 0.426. The Kier molecular flexibility index (Phi) is 6.23. The van der Waals surface area contributed by atoms with E-state index in [4.69, 9.17) is 4.74 Å². The summed E-state index contributed by atoms with van der Waals surface area (Å²) in [6.07, 6.45) is 0. The fraction of sp³-hybridized carbons (Fsp3) is 0.500. The summed E-state index contributed by atoms with van der Waals surface area (Å²) in [5.41, 5.74) is 0.668. The number of esters is 1. The number of nitrogens with one attached hydrogen (secondary N) is 2.